The average Bonchev–Trinajstić information content (AvgIpc) is 2.13. The molecule has 1 fully saturated rings. The van der Waals surface area contributed by atoms with E-state index in [4.69, 9.17) is 4.74 Å². The van der Waals surface area contributed by atoms with Gasteiger partial charge in [0.1, 0.15) is 6.10 Å². The van der Waals surface area contributed by atoms with E-state index < -0.39 is 0 Å². The largest absolute Gasteiger partial charge is 0.462 e. The third-order valence-corrected chi connectivity index (χ3v) is 2.07. The lowest BCUT2D eigenvalue weighted by atomic mass is 9.97. The second-order valence-corrected chi connectivity index (χ2v) is 2.95. The van der Waals surface area contributed by atoms with Gasteiger partial charge in [-0.25, -0.2) is 0 Å². The monoisotopic (exact) mass is 142 g/mol. The maximum absolute atomic E-state index is 10.7. The van der Waals surface area contributed by atoms with E-state index in [1.807, 2.05) is 6.92 Å². The van der Waals surface area contributed by atoms with Gasteiger partial charge in [0, 0.05) is 5.92 Å². The molecule has 0 saturated carbocycles. The predicted octanol–water partition coefficient (Wildman–Crippen LogP) is 1.74. The van der Waals surface area contributed by atoms with E-state index >= 15 is 0 Å². The Morgan fingerprint density at radius 1 is 1.70 bits per heavy atom. The van der Waals surface area contributed by atoms with E-state index in [2.05, 4.69) is 6.92 Å². The van der Waals surface area contributed by atoms with Crippen molar-refractivity contribution < 1.29 is 9.53 Å². The molecule has 0 spiro atoms. The third kappa shape index (κ3) is 1.49. The molecule has 2 nitrogen and oxygen atoms in total. The highest BCUT2D eigenvalue weighted by atomic mass is 16.5. The fourth-order valence-electron chi connectivity index (χ4n) is 1.44. The minimum atomic E-state index is -0.0223. The van der Waals surface area contributed by atoms with Crippen molar-refractivity contribution in [2.45, 2.75) is 39.2 Å². The molecule has 0 aromatic rings. The summed E-state index contributed by atoms with van der Waals surface area (Å²) in [5.41, 5.74) is 0. The van der Waals surface area contributed by atoms with Crippen LogP contribution >= 0.6 is 0 Å². The molecule has 2 unspecified atom stereocenters. The van der Waals surface area contributed by atoms with Gasteiger partial charge in [0.15, 0.2) is 0 Å². The highest BCUT2D eigenvalue weighted by Gasteiger charge is 2.29. The van der Waals surface area contributed by atoms with Gasteiger partial charge in [-0.05, 0) is 13.3 Å². The van der Waals surface area contributed by atoms with Gasteiger partial charge in [-0.1, -0.05) is 13.3 Å². The van der Waals surface area contributed by atoms with Crippen LogP contribution in [0.2, 0.25) is 0 Å². The van der Waals surface area contributed by atoms with Crippen LogP contribution in [0.1, 0.15) is 33.1 Å². The smallest absolute Gasteiger partial charge is 0.306 e. The standard InChI is InChI=1S/C8H14O2/c1-3-4-7-5-8(9)10-6(7)2/h6-7H,3-5H2,1-2H3. The Morgan fingerprint density at radius 2 is 2.40 bits per heavy atom. The number of esters is 1. The number of rotatable bonds is 2. The maximum Gasteiger partial charge on any atom is 0.306 e. The summed E-state index contributed by atoms with van der Waals surface area (Å²) in [5.74, 6) is 0.462. The van der Waals surface area contributed by atoms with Gasteiger partial charge in [0.2, 0.25) is 0 Å². The fraction of sp³-hybridized carbons (Fsp3) is 0.875. The summed E-state index contributed by atoms with van der Waals surface area (Å²) in [6.45, 7) is 4.11. The van der Waals surface area contributed by atoms with Gasteiger partial charge in [-0.3, -0.25) is 4.79 Å². The molecule has 0 aliphatic carbocycles. The quantitative estimate of drug-likeness (QED) is 0.549. The van der Waals surface area contributed by atoms with E-state index in [1.54, 1.807) is 0 Å². The first-order valence-corrected chi connectivity index (χ1v) is 3.93. The summed E-state index contributed by atoms with van der Waals surface area (Å²) < 4.78 is 4.99. The Labute approximate surface area is 61.6 Å². The van der Waals surface area contributed by atoms with Crippen LogP contribution in [0.15, 0.2) is 0 Å². The molecule has 1 saturated heterocycles. The van der Waals surface area contributed by atoms with Crippen molar-refractivity contribution >= 4 is 5.97 Å². The number of carbonyl (C=O) groups excluding carboxylic acids is 1. The minimum absolute atomic E-state index is 0.0223. The van der Waals surface area contributed by atoms with Crippen LogP contribution in [0.25, 0.3) is 0 Å². The molecule has 1 heterocycles. The topological polar surface area (TPSA) is 26.3 Å². The van der Waals surface area contributed by atoms with Crippen LogP contribution in [-0.4, -0.2) is 12.1 Å². The van der Waals surface area contributed by atoms with Gasteiger partial charge in [0.05, 0.1) is 6.42 Å². The molecule has 0 radical (unpaired) electrons. The van der Waals surface area contributed by atoms with Crippen molar-refractivity contribution in [2.24, 2.45) is 5.92 Å². The SMILES string of the molecule is CCCC1CC(=O)OC1C. The molecule has 0 N–H and O–H groups in total. The van der Waals surface area contributed by atoms with E-state index in [9.17, 15) is 4.79 Å². The Balaban J connectivity index is 2.38. The lowest BCUT2D eigenvalue weighted by molar-refractivity contribution is -0.140. The molecule has 2 heteroatoms. The zero-order valence-electron chi connectivity index (χ0n) is 6.59. The third-order valence-electron chi connectivity index (χ3n) is 2.07. The fourth-order valence-corrected chi connectivity index (χ4v) is 1.44. The Kier molecular flexibility index (Phi) is 2.30. The van der Waals surface area contributed by atoms with Crippen LogP contribution in [0.3, 0.4) is 0 Å². The Hall–Kier alpha value is -0.530. The number of hydrogen-bond donors (Lipinski definition) is 0. The highest BCUT2D eigenvalue weighted by molar-refractivity contribution is 5.71. The summed E-state index contributed by atoms with van der Waals surface area (Å²) in [6, 6.07) is 0. The highest BCUT2D eigenvalue weighted by Crippen LogP contribution is 2.25. The molecule has 10 heavy (non-hydrogen) atoms. The van der Waals surface area contributed by atoms with E-state index in [-0.39, 0.29) is 12.1 Å². The van der Waals surface area contributed by atoms with Gasteiger partial charge < -0.3 is 4.74 Å². The first-order valence-electron chi connectivity index (χ1n) is 3.93. The van der Waals surface area contributed by atoms with Gasteiger partial charge in [0.25, 0.3) is 0 Å². The first-order chi connectivity index (χ1) is 4.74. The molecule has 1 aliphatic rings. The van der Waals surface area contributed by atoms with Crippen LogP contribution in [-0.2, 0) is 9.53 Å². The van der Waals surface area contributed by atoms with Crippen LogP contribution in [0, 0.1) is 5.92 Å². The molecule has 2 atom stereocenters. The van der Waals surface area contributed by atoms with Gasteiger partial charge in [-0.15, -0.1) is 0 Å². The molecular weight excluding hydrogens is 128 g/mol. The molecule has 0 amide bonds. The van der Waals surface area contributed by atoms with Crippen molar-refractivity contribution in [3.63, 3.8) is 0 Å². The predicted molar refractivity (Wildman–Crippen MR) is 38.6 cm³/mol. The normalized spacial score (nSPS) is 32.4. The number of ether oxygens (including phenoxy) is 1. The number of hydrogen-bond acceptors (Lipinski definition) is 2. The van der Waals surface area contributed by atoms with Crippen molar-refractivity contribution in [1.29, 1.82) is 0 Å². The average molecular weight is 142 g/mol. The molecule has 0 bridgehead atoms. The number of carbonyl (C=O) groups is 1. The van der Waals surface area contributed by atoms with E-state index in [0.29, 0.717) is 12.3 Å². The Morgan fingerprint density at radius 3 is 2.80 bits per heavy atom. The molecule has 0 aromatic heterocycles. The van der Waals surface area contributed by atoms with Crippen LogP contribution in [0.4, 0.5) is 0 Å². The van der Waals surface area contributed by atoms with Crippen molar-refractivity contribution in [1.82, 2.24) is 0 Å². The summed E-state index contributed by atoms with van der Waals surface area (Å²) in [4.78, 5) is 10.7. The zero-order chi connectivity index (χ0) is 7.56. The molecule has 0 aromatic carbocycles. The van der Waals surface area contributed by atoms with Crippen molar-refractivity contribution in [3.05, 3.63) is 0 Å². The summed E-state index contributed by atoms with van der Waals surface area (Å²) >= 11 is 0. The second kappa shape index (κ2) is 3.04. The van der Waals surface area contributed by atoms with E-state index in [1.165, 1.54) is 0 Å². The second-order valence-electron chi connectivity index (χ2n) is 2.95. The summed E-state index contributed by atoms with van der Waals surface area (Å²) in [6.07, 6.45) is 3.06. The molecule has 1 rings (SSSR count). The summed E-state index contributed by atoms with van der Waals surface area (Å²) in [5, 5.41) is 0. The zero-order valence-corrected chi connectivity index (χ0v) is 6.59. The van der Waals surface area contributed by atoms with Crippen LogP contribution in [0.5, 0.6) is 0 Å². The molecule has 1 aliphatic heterocycles. The lowest BCUT2D eigenvalue weighted by Gasteiger charge is -2.09. The van der Waals surface area contributed by atoms with E-state index in [0.717, 1.165) is 12.8 Å². The maximum atomic E-state index is 10.7. The van der Waals surface area contributed by atoms with Gasteiger partial charge in [-0.2, -0.15) is 0 Å². The summed E-state index contributed by atoms with van der Waals surface area (Å²) in [7, 11) is 0. The lowest BCUT2D eigenvalue weighted by Crippen LogP contribution is -2.10. The first kappa shape index (κ1) is 7.58. The van der Waals surface area contributed by atoms with Crippen LogP contribution < -0.4 is 0 Å². The number of cyclic esters (lactones) is 1. The van der Waals surface area contributed by atoms with Gasteiger partial charge >= 0.3 is 5.97 Å². The van der Waals surface area contributed by atoms with Crippen molar-refractivity contribution in [3.8, 4) is 0 Å². The molecular formula is C8H14O2. The van der Waals surface area contributed by atoms with Crippen molar-refractivity contribution in [2.75, 3.05) is 0 Å². The minimum Gasteiger partial charge on any atom is -0.462 e. The Bertz CT molecular complexity index is 131. The molecule has 58 valence electrons.